The summed E-state index contributed by atoms with van der Waals surface area (Å²) >= 11 is 0. The molecule has 1 aromatic heterocycles. The molecule has 0 spiro atoms. The van der Waals surface area contributed by atoms with Crippen molar-refractivity contribution in [2.45, 2.75) is 0 Å². The van der Waals surface area contributed by atoms with E-state index in [0.717, 1.165) is 0 Å². The van der Waals surface area contributed by atoms with Crippen LogP contribution in [0.25, 0.3) is 0 Å². The third-order valence-electron chi connectivity index (χ3n) is 1.43. The molecule has 1 aromatic rings. The molecule has 0 aromatic carbocycles. The number of anilines is 1. The number of hydrogen-bond acceptors (Lipinski definition) is 4. The van der Waals surface area contributed by atoms with Gasteiger partial charge in [-0.25, -0.2) is 9.48 Å². The van der Waals surface area contributed by atoms with E-state index in [9.17, 15) is 4.79 Å². The van der Waals surface area contributed by atoms with Crippen molar-refractivity contribution in [1.29, 1.82) is 0 Å². The number of methoxy groups -OCH3 is 1. The highest BCUT2D eigenvalue weighted by atomic mass is 16.5. The Hall–Kier alpha value is -1.72. The Bertz CT molecular complexity index is 318. The van der Waals surface area contributed by atoms with Gasteiger partial charge in [0.05, 0.1) is 7.11 Å². The number of carbonyl (C=O) groups is 1. The standard InChI is InChI=1S/C6H9N3O3/c1-9-5(12-2)3(7)4(8-9)6(10)11/h7H2,1-2H3,(H,10,11). The summed E-state index contributed by atoms with van der Waals surface area (Å²) in [5, 5.41) is 12.2. The molecule has 12 heavy (non-hydrogen) atoms. The molecule has 3 N–H and O–H groups in total. The second-order valence-electron chi connectivity index (χ2n) is 2.20. The van der Waals surface area contributed by atoms with E-state index in [1.54, 1.807) is 7.05 Å². The molecule has 0 unspecified atom stereocenters. The fourth-order valence-corrected chi connectivity index (χ4v) is 0.925. The Morgan fingerprint density at radius 3 is 2.58 bits per heavy atom. The molecule has 6 nitrogen and oxygen atoms in total. The van der Waals surface area contributed by atoms with E-state index in [1.165, 1.54) is 11.8 Å². The quantitative estimate of drug-likeness (QED) is 0.638. The van der Waals surface area contributed by atoms with Crippen LogP contribution in [-0.2, 0) is 7.05 Å². The molecule has 0 amide bonds. The van der Waals surface area contributed by atoms with Crippen LogP contribution >= 0.6 is 0 Å². The molecule has 0 aliphatic carbocycles. The molecular weight excluding hydrogens is 162 g/mol. The highest BCUT2D eigenvalue weighted by Crippen LogP contribution is 2.23. The predicted octanol–water partition coefficient (Wildman–Crippen LogP) is -0.291. The summed E-state index contributed by atoms with van der Waals surface area (Å²) in [5.41, 5.74) is 5.29. The van der Waals surface area contributed by atoms with Crippen LogP contribution < -0.4 is 10.5 Å². The molecule has 1 heterocycles. The van der Waals surface area contributed by atoms with E-state index in [0.29, 0.717) is 0 Å². The molecule has 66 valence electrons. The Kier molecular flexibility index (Phi) is 1.90. The van der Waals surface area contributed by atoms with Gasteiger partial charge in [-0.3, -0.25) is 0 Å². The number of carboxylic acid groups (broad SMARTS) is 1. The smallest absolute Gasteiger partial charge is 0.358 e. The average Bonchev–Trinajstić information content (AvgIpc) is 2.27. The fourth-order valence-electron chi connectivity index (χ4n) is 0.925. The van der Waals surface area contributed by atoms with Crippen molar-refractivity contribution in [1.82, 2.24) is 9.78 Å². The Morgan fingerprint density at radius 2 is 2.33 bits per heavy atom. The molecule has 0 aliphatic heterocycles. The van der Waals surface area contributed by atoms with E-state index in [2.05, 4.69) is 5.10 Å². The summed E-state index contributed by atoms with van der Waals surface area (Å²) in [4.78, 5) is 10.5. The average molecular weight is 171 g/mol. The Balaban J connectivity index is 3.26. The van der Waals surface area contributed by atoms with Crippen LogP contribution in [0.4, 0.5) is 5.69 Å². The van der Waals surface area contributed by atoms with Crippen molar-refractivity contribution >= 4 is 11.7 Å². The molecule has 0 aliphatic rings. The third-order valence-corrected chi connectivity index (χ3v) is 1.43. The maximum absolute atomic E-state index is 10.5. The monoisotopic (exact) mass is 171 g/mol. The highest BCUT2D eigenvalue weighted by molar-refractivity contribution is 5.92. The first-order valence-electron chi connectivity index (χ1n) is 3.17. The second-order valence-corrected chi connectivity index (χ2v) is 2.20. The van der Waals surface area contributed by atoms with E-state index >= 15 is 0 Å². The van der Waals surface area contributed by atoms with E-state index in [1.807, 2.05) is 0 Å². The lowest BCUT2D eigenvalue weighted by molar-refractivity contribution is 0.0691. The van der Waals surface area contributed by atoms with Crippen molar-refractivity contribution < 1.29 is 14.6 Å². The van der Waals surface area contributed by atoms with Crippen LogP contribution in [-0.4, -0.2) is 28.0 Å². The van der Waals surface area contributed by atoms with Crippen molar-refractivity contribution in [2.75, 3.05) is 12.8 Å². The van der Waals surface area contributed by atoms with Gasteiger partial charge in [-0.15, -0.1) is 0 Å². The molecule has 0 atom stereocenters. The van der Waals surface area contributed by atoms with Gasteiger partial charge < -0.3 is 15.6 Å². The zero-order chi connectivity index (χ0) is 9.30. The van der Waals surface area contributed by atoms with Gasteiger partial charge in [-0.1, -0.05) is 0 Å². The molecule has 6 heteroatoms. The largest absolute Gasteiger partial charge is 0.480 e. The summed E-state index contributed by atoms with van der Waals surface area (Å²) in [7, 11) is 2.96. The lowest BCUT2D eigenvalue weighted by atomic mass is 10.4. The molecular formula is C6H9N3O3. The summed E-state index contributed by atoms with van der Waals surface area (Å²) < 4.78 is 6.10. The van der Waals surface area contributed by atoms with Crippen LogP contribution in [0.1, 0.15) is 10.5 Å². The maximum atomic E-state index is 10.5. The normalized spacial score (nSPS) is 9.83. The minimum absolute atomic E-state index is 0.0486. The first-order valence-corrected chi connectivity index (χ1v) is 3.17. The number of nitrogen functional groups attached to an aromatic ring is 1. The van der Waals surface area contributed by atoms with Crippen molar-refractivity contribution in [3.05, 3.63) is 5.69 Å². The molecule has 0 bridgehead atoms. The van der Waals surface area contributed by atoms with Gasteiger partial charge in [0.1, 0.15) is 5.69 Å². The lowest BCUT2D eigenvalue weighted by Crippen LogP contribution is -2.01. The number of hydrogen-bond donors (Lipinski definition) is 2. The minimum atomic E-state index is -1.16. The number of aryl methyl sites for hydroxylation is 1. The molecule has 0 fully saturated rings. The lowest BCUT2D eigenvalue weighted by Gasteiger charge is -1.98. The number of aromatic nitrogens is 2. The number of nitrogens with zero attached hydrogens (tertiary/aromatic N) is 2. The first kappa shape index (κ1) is 8.38. The molecule has 0 saturated carbocycles. The Labute approximate surface area is 68.5 Å². The van der Waals surface area contributed by atoms with Crippen LogP contribution in [0.15, 0.2) is 0 Å². The fraction of sp³-hybridized carbons (Fsp3) is 0.333. The number of aromatic carboxylic acids is 1. The number of carboxylic acids is 1. The maximum Gasteiger partial charge on any atom is 0.358 e. The number of rotatable bonds is 2. The van der Waals surface area contributed by atoms with Gasteiger partial charge in [0.2, 0.25) is 5.88 Å². The number of ether oxygens (including phenoxy) is 1. The summed E-state index contributed by atoms with van der Waals surface area (Å²) in [6.45, 7) is 0. The van der Waals surface area contributed by atoms with E-state index in [4.69, 9.17) is 15.6 Å². The SMILES string of the molecule is COc1c(N)c(C(=O)O)nn1C. The zero-order valence-electron chi connectivity index (χ0n) is 6.74. The molecule has 0 radical (unpaired) electrons. The van der Waals surface area contributed by atoms with E-state index in [-0.39, 0.29) is 17.3 Å². The zero-order valence-corrected chi connectivity index (χ0v) is 6.74. The summed E-state index contributed by atoms with van der Waals surface area (Å²) in [6.07, 6.45) is 0. The Morgan fingerprint density at radius 1 is 1.75 bits per heavy atom. The topological polar surface area (TPSA) is 90.4 Å². The van der Waals surface area contributed by atoms with Crippen LogP contribution in [0.3, 0.4) is 0 Å². The second kappa shape index (κ2) is 2.72. The first-order chi connectivity index (χ1) is 5.57. The molecule has 1 rings (SSSR count). The van der Waals surface area contributed by atoms with Gasteiger partial charge in [0, 0.05) is 7.05 Å². The van der Waals surface area contributed by atoms with Gasteiger partial charge in [0.25, 0.3) is 0 Å². The van der Waals surface area contributed by atoms with Gasteiger partial charge in [0.15, 0.2) is 5.69 Å². The summed E-state index contributed by atoms with van der Waals surface area (Å²) in [6, 6.07) is 0. The third kappa shape index (κ3) is 1.07. The van der Waals surface area contributed by atoms with Gasteiger partial charge in [-0.2, -0.15) is 5.10 Å². The van der Waals surface area contributed by atoms with E-state index < -0.39 is 5.97 Å². The number of nitrogens with two attached hydrogens (primary N) is 1. The summed E-state index contributed by atoms with van der Waals surface area (Å²) in [5.74, 6) is -0.904. The molecule has 0 saturated heterocycles. The van der Waals surface area contributed by atoms with Crippen LogP contribution in [0.5, 0.6) is 5.88 Å². The van der Waals surface area contributed by atoms with Crippen molar-refractivity contribution in [3.63, 3.8) is 0 Å². The van der Waals surface area contributed by atoms with Crippen molar-refractivity contribution in [2.24, 2.45) is 7.05 Å². The van der Waals surface area contributed by atoms with Gasteiger partial charge in [-0.05, 0) is 0 Å². The van der Waals surface area contributed by atoms with Crippen LogP contribution in [0, 0.1) is 0 Å². The van der Waals surface area contributed by atoms with Crippen LogP contribution in [0.2, 0.25) is 0 Å². The predicted molar refractivity (Wildman–Crippen MR) is 41.1 cm³/mol. The van der Waals surface area contributed by atoms with Gasteiger partial charge >= 0.3 is 5.97 Å². The highest BCUT2D eigenvalue weighted by Gasteiger charge is 2.18. The minimum Gasteiger partial charge on any atom is -0.480 e. The van der Waals surface area contributed by atoms with Crippen molar-refractivity contribution in [3.8, 4) is 5.88 Å².